The van der Waals surface area contributed by atoms with Crippen LogP contribution in [0.3, 0.4) is 0 Å². The Bertz CT molecular complexity index is 1950. The number of aromatic nitrogens is 2. The number of hydrogen-bond acceptors (Lipinski definition) is 3. The van der Waals surface area contributed by atoms with Crippen LogP contribution >= 0.6 is 11.3 Å². The van der Waals surface area contributed by atoms with Gasteiger partial charge in [0.2, 0.25) is 0 Å². The van der Waals surface area contributed by atoms with Gasteiger partial charge in [-0.3, -0.25) is 9.20 Å². The van der Waals surface area contributed by atoms with E-state index in [1.807, 2.05) is 36.4 Å². The van der Waals surface area contributed by atoms with E-state index in [1.165, 1.54) is 10.5 Å². The third-order valence-corrected chi connectivity index (χ3v) is 7.31. The number of alkyl halides is 3. The van der Waals surface area contributed by atoms with Crippen LogP contribution in [-0.4, -0.2) is 9.38 Å². The van der Waals surface area contributed by atoms with Gasteiger partial charge in [-0.15, -0.1) is 11.3 Å². The highest BCUT2D eigenvalue weighted by Crippen LogP contribution is 2.41. The van der Waals surface area contributed by atoms with E-state index < -0.39 is 11.7 Å². The van der Waals surface area contributed by atoms with Crippen LogP contribution in [0.15, 0.2) is 71.5 Å². The van der Waals surface area contributed by atoms with Gasteiger partial charge in [0.1, 0.15) is 5.65 Å². The average Bonchev–Trinajstić information content (AvgIpc) is 3.17. The molecule has 7 aromatic rings. The molecular weight excluding hydrogens is 433 g/mol. The van der Waals surface area contributed by atoms with Gasteiger partial charge in [-0.2, -0.15) is 13.2 Å². The third kappa shape index (κ3) is 2.16. The standard InChI is InChI=1S/C25H11F3N2OS/c26-25(27,28)12-5-9-18-17(11-12)29-23-15-8-10-20-22-14(13-3-1-2-4-19(13)32-20)6-7-16(21(15)22)24(31)30(18)23/h1-11H. The third-order valence-electron chi connectivity index (χ3n) is 6.18. The molecule has 0 radical (unpaired) electrons. The van der Waals surface area contributed by atoms with Crippen LogP contribution in [0.4, 0.5) is 13.2 Å². The monoisotopic (exact) mass is 444 g/mol. The van der Waals surface area contributed by atoms with E-state index in [9.17, 15) is 18.0 Å². The predicted molar refractivity (Wildman–Crippen MR) is 123 cm³/mol. The first kappa shape index (κ1) is 17.9. The van der Waals surface area contributed by atoms with Crippen molar-refractivity contribution < 1.29 is 13.2 Å². The molecule has 154 valence electrons. The molecular formula is C25H11F3N2OS. The summed E-state index contributed by atoms with van der Waals surface area (Å²) >= 11 is 1.66. The van der Waals surface area contributed by atoms with Crippen LogP contribution in [0.25, 0.3) is 58.4 Å². The maximum absolute atomic E-state index is 13.5. The Balaban J connectivity index is 1.73. The second-order valence-corrected chi connectivity index (χ2v) is 8.98. The van der Waals surface area contributed by atoms with Crippen molar-refractivity contribution in [1.29, 1.82) is 0 Å². The SMILES string of the molecule is O=c1c2ccc3c4ccccc4sc4ccc(c2c43)c2nc3cc(C(F)(F)F)ccc3n12. The minimum atomic E-state index is -4.48. The zero-order valence-corrected chi connectivity index (χ0v) is 17.0. The molecule has 32 heavy (non-hydrogen) atoms. The van der Waals surface area contributed by atoms with Crippen molar-refractivity contribution in [1.82, 2.24) is 9.38 Å². The highest BCUT2D eigenvalue weighted by Gasteiger charge is 2.31. The van der Waals surface area contributed by atoms with Crippen LogP contribution in [0.5, 0.6) is 0 Å². The van der Waals surface area contributed by atoms with Crippen molar-refractivity contribution in [2.45, 2.75) is 6.18 Å². The fourth-order valence-corrected chi connectivity index (χ4v) is 5.92. The van der Waals surface area contributed by atoms with Gasteiger partial charge in [0.15, 0.2) is 0 Å². The van der Waals surface area contributed by atoms with Crippen LogP contribution in [0.1, 0.15) is 5.56 Å². The van der Waals surface area contributed by atoms with Crippen molar-refractivity contribution in [3.05, 3.63) is 82.6 Å². The molecule has 0 unspecified atom stereocenters. The molecule has 0 spiro atoms. The molecule has 0 saturated heterocycles. The van der Waals surface area contributed by atoms with Gasteiger partial charge in [0.05, 0.1) is 16.6 Å². The lowest BCUT2D eigenvalue weighted by atomic mass is 9.98. The fourth-order valence-electron chi connectivity index (χ4n) is 4.80. The maximum Gasteiger partial charge on any atom is 0.416 e. The Morgan fingerprint density at radius 1 is 0.781 bits per heavy atom. The fraction of sp³-hybridized carbons (Fsp3) is 0.0400. The molecule has 0 aliphatic carbocycles. The Morgan fingerprint density at radius 3 is 2.41 bits per heavy atom. The van der Waals surface area contributed by atoms with Gasteiger partial charge in [0.25, 0.3) is 5.56 Å². The normalized spacial score (nSPS) is 13.0. The van der Waals surface area contributed by atoms with Gasteiger partial charge < -0.3 is 0 Å². The molecule has 0 aliphatic heterocycles. The first-order valence-corrected chi connectivity index (χ1v) is 10.8. The highest BCUT2D eigenvalue weighted by atomic mass is 32.1. The van der Waals surface area contributed by atoms with E-state index >= 15 is 0 Å². The molecule has 3 heterocycles. The molecule has 0 amide bonds. The second-order valence-electron chi connectivity index (χ2n) is 7.90. The molecule has 3 aromatic heterocycles. The number of hydrogen-bond donors (Lipinski definition) is 0. The zero-order valence-electron chi connectivity index (χ0n) is 16.2. The molecule has 0 atom stereocenters. The van der Waals surface area contributed by atoms with E-state index in [0.717, 1.165) is 48.5 Å². The largest absolute Gasteiger partial charge is 0.416 e. The van der Waals surface area contributed by atoms with Crippen molar-refractivity contribution in [2.24, 2.45) is 0 Å². The molecule has 0 aliphatic rings. The van der Waals surface area contributed by atoms with E-state index in [1.54, 1.807) is 11.3 Å². The van der Waals surface area contributed by atoms with Gasteiger partial charge >= 0.3 is 6.18 Å². The Morgan fingerprint density at radius 2 is 1.56 bits per heavy atom. The van der Waals surface area contributed by atoms with Crippen LogP contribution in [0, 0.1) is 0 Å². The van der Waals surface area contributed by atoms with E-state index in [0.29, 0.717) is 16.6 Å². The lowest BCUT2D eigenvalue weighted by Crippen LogP contribution is -2.13. The number of halogens is 3. The lowest BCUT2D eigenvalue weighted by Gasteiger charge is -2.13. The summed E-state index contributed by atoms with van der Waals surface area (Å²) in [5, 5.41) is 5.25. The Labute approximate surface area is 181 Å². The van der Waals surface area contributed by atoms with Gasteiger partial charge in [-0.25, -0.2) is 4.98 Å². The topological polar surface area (TPSA) is 34.4 Å². The van der Waals surface area contributed by atoms with Crippen molar-refractivity contribution in [3.8, 4) is 0 Å². The van der Waals surface area contributed by atoms with Crippen LogP contribution in [0.2, 0.25) is 0 Å². The Hall–Kier alpha value is -3.71. The molecule has 0 N–H and O–H groups in total. The summed E-state index contributed by atoms with van der Waals surface area (Å²) in [6.45, 7) is 0. The molecule has 7 rings (SSSR count). The molecule has 0 fully saturated rings. The molecule has 4 aromatic carbocycles. The summed E-state index contributed by atoms with van der Waals surface area (Å²) in [5.74, 6) is 0. The highest BCUT2D eigenvalue weighted by molar-refractivity contribution is 7.25. The summed E-state index contributed by atoms with van der Waals surface area (Å²) in [6, 6.07) is 19.2. The summed E-state index contributed by atoms with van der Waals surface area (Å²) in [5.41, 5.74) is -0.153. The smallest absolute Gasteiger partial charge is 0.268 e. The summed E-state index contributed by atoms with van der Waals surface area (Å²) in [6.07, 6.45) is -4.48. The minimum Gasteiger partial charge on any atom is -0.268 e. The van der Waals surface area contributed by atoms with E-state index in [4.69, 9.17) is 0 Å². The molecule has 3 nitrogen and oxygen atoms in total. The van der Waals surface area contributed by atoms with Crippen LogP contribution < -0.4 is 5.56 Å². The number of nitrogens with zero attached hydrogens (tertiary/aromatic N) is 2. The quantitative estimate of drug-likeness (QED) is 0.187. The van der Waals surface area contributed by atoms with E-state index in [2.05, 4.69) is 17.1 Å². The summed E-state index contributed by atoms with van der Waals surface area (Å²) in [7, 11) is 0. The van der Waals surface area contributed by atoms with E-state index in [-0.39, 0.29) is 11.1 Å². The number of fused-ring (bicyclic) bond motifs is 6. The lowest BCUT2D eigenvalue weighted by molar-refractivity contribution is -0.137. The first-order valence-electron chi connectivity index (χ1n) is 9.93. The van der Waals surface area contributed by atoms with Crippen molar-refractivity contribution in [2.75, 3.05) is 0 Å². The Kier molecular flexibility index (Phi) is 3.22. The van der Waals surface area contributed by atoms with Crippen molar-refractivity contribution in [3.63, 3.8) is 0 Å². The number of rotatable bonds is 0. The van der Waals surface area contributed by atoms with Gasteiger partial charge in [-0.05, 0) is 53.2 Å². The number of benzene rings is 4. The number of imidazole rings is 1. The molecule has 0 bridgehead atoms. The van der Waals surface area contributed by atoms with Gasteiger partial charge in [-0.1, -0.05) is 24.3 Å². The predicted octanol–water partition coefficient (Wildman–Crippen LogP) is 6.98. The second kappa shape index (κ2) is 5.75. The van der Waals surface area contributed by atoms with Crippen molar-refractivity contribution >= 4 is 69.7 Å². The van der Waals surface area contributed by atoms with Crippen LogP contribution in [-0.2, 0) is 6.18 Å². The van der Waals surface area contributed by atoms with Gasteiger partial charge in [0, 0.05) is 30.9 Å². The minimum absolute atomic E-state index is 0.153. The number of pyridine rings is 1. The first-order chi connectivity index (χ1) is 15.4. The molecule has 0 saturated carbocycles. The summed E-state index contributed by atoms with van der Waals surface area (Å²) in [4.78, 5) is 18.0. The average molecular weight is 444 g/mol. The summed E-state index contributed by atoms with van der Waals surface area (Å²) < 4.78 is 43.3. The maximum atomic E-state index is 13.5. The zero-order chi connectivity index (χ0) is 21.8. The molecule has 7 heteroatoms.